The third-order valence-electron chi connectivity index (χ3n) is 5.41. The second-order valence-electron chi connectivity index (χ2n) is 7.21. The number of anilines is 2. The van der Waals surface area contributed by atoms with Crippen molar-refractivity contribution in [2.45, 2.75) is 0 Å². The number of carbonyl (C=O) groups excluding carboxylic acids is 1. The summed E-state index contributed by atoms with van der Waals surface area (Å²) in [6.07, 6.45) is 1.80. The van der Waals surface area contributed by atoms with Gasteiger partial charge in [-0.3, -0.25) is 4.79 Å². The lowest BCUT2D eigenvalue weighted by Gasteiger charge is -2.42. The SMILES string of the molecule is O=C(C1CN(c2nc3ccc(F)cc3s2)C1)N1CCN(c2ccccn2)CC1. The Hall–Kier alpha value is -2.74. The summed E-state index contributed by atoms with van der Waals surface area (Å²) in [7, 11) is 0. The first kappa shape index (κ1) is 17.4. The van der Waals surface area contributed by atoms with Crippen LogP contribution in [0.4, 0.5) is 15.3 Å². The van der Waals surface area contributed by atoms with E-state index in [1.165, 1.54) is 23.5 Å². The number of amides is 1. The molecule has 0 bridgehead atoms. The number of hydrogen-bond donors (Lipinski definition) is 0. The zero-order valence-electron chi connectivity index (χ0n) is 15.3. The van der Waals surface area contributed by atoms with E-state index < -0.39 is 0 Å². The van der Waals surface area contributed by atoms with Gasteiger partial charge in [0.1, 0.15) is 11.6 Å². The molecule has 5 rings (SSSR count). The standard InChI is InChI=1S/C20H20FN5OS/c21-15-4-5-16-17(11-15)28-20(23-16)26-12-14(13-26)19(27)25-9-7-24(8-10-25)18-3-1-2-6-22-18/h1-6,11,14H,7-10,12-13H2. The zero-order valence-corrected chi connectivity index (χ0v) is 16.1. The summed E-state index contributed by atoms with van der Waals surface area (Å²) < 4.78 is 14.2. The van der Waals surface area contributed by atoms with E-state index in [2.05, 4.69) is 19.8 Å². The Morgan fingerprint density at radius 2 is 1.89 bits per heavy atom. The van der Waals surface area contributed by atoms with Gasteiger partial charge in [-0.25, -0.2) is 14.4 Å². The van der Waals surface area contributed by atoms with Crippen molar-refractivity contribution >= 4 is 38.4 Å². The number of carbonyl (C=O) groups is 1. The molecule has 8 heteroatoms. The highest BCUT2D eigenvalue weighted by Gasteiger charge is 2.37. The molecule has 0 spiro atoms. The van der Waals surface area contributed by atoms with E-state index in [1.807, 2.05) is 23.1 Å². The summed E-state index contributed by atoms with van der Waals surface area (Å²) in [5.74, 6) is 0.968. The van der Waals surface area contributed by atoms with Gasteiger partial charge >= 0.3 is 0 Å². The van der Waals surface area contributed by atoms with Crippen molar-refractivity contribution in [1.29, 1.82) is 0 Å². The Morgan fingerprint density at radius 3 is 2.64 bits per heavy atom. The van der Waals surface area contributed by atoms with Crippen molar-refractivity contribution in [3.05, 3.63) is 48.4 Å². The molecule has 0 aliphatic carbocycles. The normalized spacial score (nSPS) is 17.8. The number of halogens is 1. The van der Waals surface area contributed by atoms with Crippen LogP contribution in [0.2, 0.25) is 0 Å². The van der Waals surface area contributed by atoms with E-state index in [0.29, 0.717) is 13.1 Å². The van der Waals surface area contributed by atoms with Crippen molar-refractivity contribution in [1.82, 2.24) is 14.9 Å². The van der Waals surface area contributed by atoms with Gasteiger partial charge in [0, 0.05) is 45.5 Å². The van der Waals surface area contributed by atoms with Crippen molar-refractivity contribution in [2.24, 2.45) is 5.92 Å². The third-order valence-corrected chi connectivity index (χ3v) is 6.48. The number of thiazole rings is 1. The molecular weight excluding hydrogens is 377 g/mol. The summed E-state index contributed by atoms with van der Waals surface area (Å²) in [5, 5.41) is 0.865. The van der Waals surface area contributed by atoms with Crippen LogP contribution in [0.5, 0.6) is 0 Å². The van der Waals surface area contributed by atoms with Crippen molar-refractivity contribution < 1.29 is 9.18 Å². The Kier molecular flexibility index (Phi) is 4.35. The molecule has 1 aromatic carbocycles. The second-order valence-corrected chi connectivity index (χ2v) is 8.22. The van der Waals surface area contributed by atoms with E-state index in [9.17, 15) is 9.18 Å². The van der Waals surface area contributed by atoms with Gasteiger partial charge in [-0.05, 0) is 30.3 Å². The van der Waals surface area contributed by atoms with Crippen LogP contribution in [0.25, 0.3) is 10.2 Å². The summed E-state index contributed by atoms with van der Waals surface area (Å²) in [4.78, 5) is 28.1. The molecule has 2 fully saturated rings. The summed E-state index contributed by atoms with van der Waals surface area (Å²) in [5.41, 5.74) is 0.807. The molecule has 2 aliphatic rings. The number of nitrogens with zero attached hydrogens (tertiary/aromatic N) is 5. The summed E-state index contributed by atoms with van der Waals surface area (Å²) in [6, 6.07) is 10.5. The van der Waals surface area contributed by atoms with E-state index in [-0.39, 0.29) is 17.6 Å². The minimum atomic E-state index is -0.246. The molecule has 6 nitrogen and oxygen atoms in total. The number of piperazine rings is 1. The van der Waals surface area contributed by atoms with E-state index >= 15 is 0 Å². The molecule has 0 saturated carbocycles. The van der Waals surface area contributed by atoms with E-state index in [1.54, 1.807) is 12.3 Å². The van der Waals surface area contributed by atoms with Gasteiger partial charge in [0.05, 0.1) is 16.1 Å². The first-order valence-corrected chi connectivity index (χ1v) is 10.2. The minimum absolute atomic E-state index is 0.0187. The smallest absolute Gasteiger partial charge is 0.229 e. The summed E-state index contributed by atoms with van der Waals surface area (Å²) in [6.45, 7) is 4.44. The molecule has 4 heterocycles. The van der Waals surface area contributed by atoms with E-state index in [4.69, 9.17) is 0 Å². The Labute approximate surface area is 166 Å². The highest BCUT2D eigenvalue weighted by molar-refractivity contribution is 7.22. The Balaban J connectivity index is 1.17. The highest BCUT2D eigenvalue weighted by atomic mass is 32.1. The number of pyridine rings is 1. The molecule has 144 valence electrons. The van der Waals surface area contributed by atoms with Gasteiger partial charge in [-0.1, -0.05) is 17.4 Å². The molecule has 0 radical (unpaired) electrons. The topological polar surface area (TPSA) is 52.6 Å². The Bertz CT molecular complexity index is 996. The van der Waals surface area contributed by atoms with Crippen molar-refractivity contribution in [3.8, 4) is 0 Å². The van der Waals surface area contributed by atoms with Gasteiger partial charge in [-0.15, -0.1) is 0 Å². The van der Waals surface area contributed by atoms with Crippen LogP contribution in [-0.4, -0.2) is 60.0 Å². The average Bonchev–Trinajstić information content (AvgIpc) is 3.10. The van der Waals surface area contributed by atoms with Crippen molar-refractivity contribution in [2.75, 3.05) is 49.1 Å². The van der Waals surface area contributed by atoms with Crippen LogP contribution in [0.1, 0.15) is 0 Å². The largest absolute Gasteiger partial charge is 0.353 e. The third kappa shape index (κ3) is 3.17. The highest BCUT2D eigenvalue weighted by Crippen LogP contribution is 2.33. The average molecular weight is 397 g/mol. The summed E-state index contributed by atoms with van der Waals surface area (Å²) >= 11 is 1.48. The molecule has 2 saturated heterocycles. The van der Waals surface area contributed by atoms with E-state index in [0.717, 1.165) is 47.3 Å². The number of benzene rings is 1. The van der Waals surface area contributed by atoms with Crippen LogP contribution >= 0.6 is 11.3 Å². The van der Waals surface area contributed by atoms with Crippen LogP contribution in [0, 0.1) is 11.7 Å². The molecule has 1 amide bonds. The lowest BCUT2D eigenvalue weighted by molar-refractivity contribution is -0.136. The second kappa shape index (κ2) is 7.01. The lowest BCUT2D eigenvalue weighted by atomic mass is 9.99. The lowest BCUT2D eigenvalue weighted by Crippen LogP contribution is -2.58. The number of rotatable bonds is 3. The maximum atomic E-state index is 13.4. The van der Waals surface area contributed by atoms with Gasteiger partial charge in [0.15, 0.2) is 5.13 Å². The first-order valence-electron chi connectivity index (χ1n) is 9.43. The fraction of sp³-hybridized carbons (Fsp3) is 0.350. The van der Waals surface area contributed by atoms with Crippen molar-refractivity contribution in [3.63, 3.8) is 0 Å². The van der Waals surface area contributed by atoms with Gasteiger partial charge in [-0.2, -0.15) is 0 Å². The van der Waals surface area contributed by atoms with Crippen LogP contribution in [0.3, 0.4) is 0 Å². The fourth-order valence-corrected chi connectivity index (χ4v) is 4.78. The number of aromatic nitrogens is 2. The van der Waals surface area contributed by atoms with Gasteiger partial charge in [0.25, 0.3) is 0 Å². The number of fused-ring (bicyclic) bond motifs is 1. The molecule has 2 aromatic heterocycles. The molecule has 3 aromatic rings. The zero-order chi connectivity index (χ0) is 19.1. The maximum absolute atomic E-state index is 13.4. The van der Waals surface area contributed by atoms with Gasteiger partial charge in [0.2, 0.25) is 5.91 Å². The monoisotopic (exact) mass is 397 g/mol. The molecule has 0 atom stereocenters. The van der Waals surface area contributed by atoms with Crippen LogP contribution in [0.15, 0.2) is 42.6 Å². The number of hydrogen-bond acceptors (Lipinski definition) is 6. The molecule has 0 unspecified atom stereocenters. The van der Waals surface area contributed by atoms with Gasteiger partial charge < -0.3 is 14.7 Å². The first-order chi connectivity index (χ1) is 13.7. The quantitative estimate of drug-likeness (QED) is 0.680. The molecule has 0 N–H and O–H groups in total. The molecule has 28 heavy (non-hydrogen) atoms. The fourth-order valence-electron chi connectivity index (χ4n) is 3.77. The molecule has 2 aliphatic heterocycles. The van der Waals surface area contributed by atoms with Crippen LogP contribution < -0.4 is 9.80 Å². The predicted molar refractivity (Wildman–Crippen MR) is 108 cm³/mol. The minimum Gasteiger partial charge on any atom is -0.353 e. The maximum Gasteiger partial charge on any atom is 0.229 e. The van der Waals surface area contributed by atoms with Crippen LogP contribution in [-0.2, 0) is 4.79 Å². The predicted octanol–water partition coefficient (Wildman–Crippen LogP) is 2.62. The molecular formula is C20H20FN5OS. The Morgan fingerprint density at radius 1 is 1.07 bits per heavy atom.